The molecule has 5 nitrogen and oxygen atoms in total. The normalized spacial score (nSPS) is 11.6. The first-order valence-electron chi connectivity index (χ1n) is 8.05. The molecule has 0 unspecified atom stereocenters. The van der Waals surface area contributed by atoms with Crippen molar-refractivity contribution in [3.05, 3.63) is 93.7 Å². The van der Waals surface area contributed by atoms with E-state index in [1.807, 2.05) is 13.0 Å². The van der Waals surface area contributed by atoms with Crippen molar-refractivity contribution in [3.8, 4) is 0 Å². The van der Waals surface area contributed by atoms with E-state index >= 15 is 0 Å². The largest absolute Gasteiger partial charge is 0.348 e. The molecule has 0 atom stereocenters. The van der Waals surface area contributed by atoms with Crippen molar-refractivity contribution < 1.29 is 9.18 Å². The summed E-state index contributed by atoms with van der Waals surface area (Å²) < 4.78 is 13.3. The van der Waals surface area contributed by atoms with Gasteiger partial charge in [0.1, 0.15) is 11.4 Å². The van der Waals surface area contributed by atoms with Crippen LogP contribution in [0.2, 0.25) is 0 Å². The lowest BCUT2D eigenvalue weighted by molar-refractivity contribution is 0.0949. The van der Waals surface area contributed by atoms with E-state index in [1.54, 1.807) is 37.3 Å². The predicted molar refractivity (Wildman–Crippen MR) is 100 cm³/mol. The molecule has 0 saturated heterocycles. The molecular formula is C20H20FN3O2. The molecule has 0 saturated carbocycles. The van der Waals surface area contributed by atoms with Crippen molar-refractivity contribution in [2.45, 2.75) is 20.4 Å². The number of carbonyl (C=O) groups is 1. The lowest BCUT2D eigenvalue weighted by atomic mass is 10.1. The zero-order chi connectivity index (χ0) is 19.1. The molecule has 2 aromatic rings. The van der Waals surface area contributed by atoms with Gasteiger partial charge in [-0.05, 0) is 37.1 Å². The van der Waals surface area contributed by atoms with Gasteiger partial charge in [-0.1, -0.05) is 43.0 Å². The molecule has 0 radical (unpaired) electrons. The SMILES string of the molecule is C=C/C=C(\C=C/C)c1cc(C(=O)NCc2ccc(F)c(C)c2)c(=O)[nH]n1. The zero-order valence-corrected chi connectivity index (χ0v) is 14.7. The highest BCUT2D eigenvalue weighted by molar-refractivity contribution is 5.94. The van der Waals surface area contributed by atoms with Crippen molar-refractivity contribution in [1.29, 1.82) is 0 Å². The molecule has 0 spiro atoms. The number of carbonyl (C=O) groups excluding carboxylic acids is 1. The second-order valence-electron chi connectivity index (χ2n) is 5.62. The van der Waals surface area contributed by atoms with E-state index in [2.05, 4.69) is 22.1 Å². The number of hydrogen-bond acceptors (Lipinski definition) is 3. The molecule has 0 aliphatic rings. The highest BCUT2D eigenvalue weighted by Crippen LogP contribution is 2.13. The van der Waals surface area contributed by atoms with Gasteiger partial charge in [0.25, 0.3) is 11.5 Å². The van der Waals surface area contributed by atoms with Gasteiger partial charge in [0, 0.05) is 12.1 Å². The lowest BCUT2D eigenvalue weighted by Gasteiger charge is -2.07. The number of amides is 1. The quantitative estimate of drug-likeness (QED) is 0.783. The summed E-state index contributed by atoms with van der Waals surface area (Å²) in [6, 6.07) is 6.01. The number of hydrogen-bond donors (Lipinski definition) is 2. The highest BCUT2D eigenvalue weighted by Gasteiger charge is 2.13. The molecule has 0 bridgehead atoms. The maximum atomic E-state index is 13.3. The average molecular weight is 353 g/mol. The molecule has 1 aromatic heterocycles. The summed E-state index contributed by atoms with van der Waals surface area (Å²) in [5, 5.41) is 8.97. The molecule has 6 heteroatoms. The molecule has 2 N–H and O–H groups in total. The molecule has 1 amide bonds. The number of nitrogens with zero attached hydrogens (tertiary/aromatic N) is 1. The van der Waals surface area contributed by atoms with E-state index in [9.17, 15) is 14.0 Å². The van der Waals surface area contributed by atoms with Crippen LogP contribution in [0, 0.1) is 12.7 Å². The Labute approximate surface area is 151 Å². The summed E-state index contributed by atoms with van der Waals surface area (Å²) in [7, 11) is 0. The van der Waals surface area contributed by atoms with Crippen molar-refractivity contribution in [1.82, 2.24) is 15.5 Å². The minimum atomic E-state index is -0.583. The van der Waals surface area contributed by atoms with Gasteiger partial charge in [-0.2, -0.15) is 5.10 Å². The van der Waals surface area contributed by atoms with Gasteiger partial charge < -0.3 is 5.32 Å². The van der Waals surface area contributed by atoms with Crippen molar-refractivity contribution in [2.75, 3.05) is 0 Å². The monoisotopic (exact) mass is 353 g/mol. The molecular weight excluding hydrogens is 333 g/mol. The van der Waals surface area contributed by atoms with Crippen LogP contribution in [0.3, 0.4) is 0 Å². The van der Waals surface area contributed by atoms with Crippen LogP contribution in [0.15, 0.2) is 59.9 Å². The number of aryl methyl sites for hydroxylation is 1. The van der Waals surface area contributed by atoms with Gasteiger partial charge >= 0.3 is 0 Å². The number of halogens is 1. The van der Waals surface area contributed by atoms with Gasteiger partial charge in [-0.3, -0.25) is 9.59 Å². The third-order valence-electron chi connectivity index (χ3n) is 3.66. The number of aromatic nitrogens is 2. The van der Waals surface area contributed by atoms with E-state index in [4.69, 9.17) is 0 Å². The summed E-state index contributed by atoms with van der Waals surface area (Å²) in [6.07, 6.45) is 6.94. The van der Waals surface area contributed by atoms with Crippen molar-refractivity contribution >= 4 is 11.5 Å². The third kappa shape index (κ3) is 4.63. The molecule has 134 valence electrons. The smallest absolute Gasteiger partial charge is 0.277 e. The van der Waals surface area contributed by atoms with Crippen molar-refractivity contribution in [2.24, 2.45) is 0 Å². The summed E-state index contributed by atoms with van der Waals surface area (Å²) in [5.41, 5.74) is 1.76. The maximum Gasteiger partial charge on any atom is 0.277 e. The van der Waals surface area contributed by atoms with Crippen LogP contribution in [-0.4, -0.2) is 16.1 Å². The van der Waals surface area contributed by atoms with Gasteiger partial charge in [0.15, 0.2) is 0 Å². The topological polar surface area (TPSA) is 74.8 Å². The molecule has 0 aliphatic carbocycles. The Hall–Kier alpha value is -3.28. The van der Waals surface area contributed by atoms with Crippen LogP contribution >= 0.6 is 0 Å². The molecule has 1 heterocycles. The minimum absolute atomic E-state index is 0.0479. The fourth-order valence-electron chi connectivity index (χ4n) is 2.35. The van der Waals surface area contributed by atoms with Gasteiger partial charge in [-0.15, -0.1) is 0 Å². The third-order valence-corrected chi connectivity index (χ3v) is 3.66. The van der Waals surface area contributed by atoms with Crippen LogP contribution in [0.1, 0.15) is 34.1 Å². The fraction of sp³-hybridized carbons (Fsp3) is 0.150. The Balaban J connectivity index is 2.23. The predicted octanol–water partition coefficient (Wildman–Crippen LogP) is 3.29. The molecule has 26 heavy (non-hydrogen) atoms. The van der Waals surface area contributed by atoms with E-state index in [-0.39, 0.29) is 17.9 Å². The lowest BCUT2D eigenvalue weighted by Crippen LogP contribution is -2.30. The zero-order valence-electron chi connectivity index (χ0n) is 14.7. The Morgan fingerprint density at radius 3 is 2.81 bits per heavy atom. The number of nitrogens with one attached hydrogen (secondary N) is 2. The average Bonchev–Trinajstić information content (AvgIpc) is 2.62. The second kappa shape index (κ2) is 8.71. The van der Waals surface area contributed by atoms with Gasteiger partial charge in [-0.25, -0.2) is 9.49 Å². The fourth-order valence-corrected chi connectivity index (χ4v) is 2.35. The van der Waals surface area contributed by atoms with Gasteiger partial charge in [0.2, 0.25) is 0 Å². The van der Waals surface area contributed by atoms with Gasteiger partial charge in [0.05, 0.1) is 5.69 Å². The number of benzene rings is 1. The first kappa shape index (κ1) is 19.1. The van der Waals surface area contributed by atoms with Crippen LogP contribution in [0.5, 0.6) is 0 Å². The van der Waals surface area contributed by atoms with E-state index in [0.717, 1.165) is 5.56 Å². The standard InChI is InChI=1S/C20H20FN3O2/c1-4-6-15(7-5-2)18-11-16(20(26)24-23-18)19(25)22-12-14-8-9-17(21)13(3)10-14/h4-11H,1,12H2,2-3H3,(H,22,25)(H,24,26)/b7-5-,15-6+. The van der Waals surface area contributed by atoms with Crippen molar-refractivity contribution in [3.63, 3.8) is 0 Å². The second-order valence-corrected chi connectivity index (χ2v) is 5.62. The Bertz CT molecular complexity index is 942. The van der Waals surface area contributed by atoms with E-state index < -0.39 is 11.5 Å². The van der Waals surface area contributed by atoms with E-state index in [0.29, 0.717) is 16.8 Å². The summed E-state index contributed by atoms with van der Waals surface area (Å²) in [4.78, 5) is 24.4. The summed E-state index contributed by atoms with van der Waals surface area (Å²) in [5.74, 6) is -0.837. The summed E-state index contributed by atoms with van der Waals surface area (Å²) in [6.45, 7) is 7.32. The molecule has 2 rings (SSSR count). The molecule has 1 aromatic carbocycles. The van der Waals surface area contributed by atoms with Crippen LogP contribution < -0.4 is 10.9 Å². The number of aromatic amines is 1. The van der Waals surface area contributed by atoms with Crippen LogP contribution in [0.25, 0.3) is 5.57 Å². The maximum absolute atomic E-state index is 13.3. The Kier molecular flexibility index (Phi) is 6.38. The van der Waals surface area contributed by atoms with E-state index in [1.165, 1.54) is 12.1 Å². The molecule has 0 aliphatic heterocycles. The Morgan fingerprint density at radius 1 is 1.38 bits per heavy atom. The number of rotatable bonds is 6. The van der Waals surface area contributed by atoms with Crippen LogP contribution in [-0.2, 0) is 6.54 Å². The number of allylic oxidation sites excluding steroid dienone is 5. The van der Waals surface area contributed by atoms with Crippen LogP contribution in [0.4, 0.5) is 4.39 Å². The minimum Gasteiger partial charge on any atom is -0.348 e. The number of H-pyrrole nitrogens is 1. The first-order valence-corrected chi connectivity index (χ1v) is 8.05. The Morgan fingerprint density at radius 2 is 2.15 bits per heavy atom. The highest BCUT2D eigenvalue weighted by atomic mass is 19.1. The first-order chi connectivity index (χ1) is 12.5. The summed E-state index contributed by atoms with van der Waals surface area (Å²) >= 11 is 0. The molecule has 0 fully saturated rings.